The van der Waals surface area contributed by atoms with Crippen LogP contribution in [0.2, 0.25) is 0 Å². The number of sulfone groups is 1. The maximum absolute atomic E-state index is 13.1. The highest BCUT2D eigenvalue weighted by atomic mass is 32.2. The van der Waals surface area contributed by atoms with Crippen LogP contribution in [0.5, 0.6) is 0 Å². The highest BCUT2D eigenvalue weighted by Gasteiger charge is 2.18. The first-order valence-corrected chi connectivity index (χ1v) is 8.22. The van der Waals surface area contributed by atoms with Crippen LogP contribution in [0, 0.1) is 11.7 Å². The Balaban J connectivity index is 2.60. The van der Waals surface area contributed by atoms with Crippen molar-refractivity contribution in [2.45, 2.75) is 31.9 Å². The monoisotopic (exact) mass is 287 g/mol. The van der Waals surface area contributed by atoms with Gasteiger partial charge in [-0.05, 0) is 56.8 Å². The summed E-state index contributed by atoms with van der Waals surface area (Å²) in [4.78, 5) is 0. The Morgan fingerprint density at radius 2 is 2.00 bits per heavy atom. The quantitative estimate of drug-likeness (QED) is 0.836. The van der Waals surface area contributed by atoms with Crippen molar-refractivity contribution in [3.8, 4) is 0 Å². The zero-order valence-corrected chi connectivity index (χ0v) is 12.3. The van der Waals surface area contributed by atoms with E-state index in [0.29, 0.717) is 19.4 Å². The van der Waals surface area contributed by atoms with Crippen molar-refractivity contribution in [2.75, 3.05) is 12.3 Å². The minimum atomic E-state index is -3.03. The molecule has 19 heavy (non-hydrogen) atoms. The van der Waals surface area contributed by atoms with Gasteiger partial charge in [-0.15, -0.1) is 0 Å². The summed E-state index contributed by atoms with van der Waals surface area (Å²) < 4.78 is 36.6. The van der Waals surface area contributed by atoms with Crippen molar-refractivity contribution in [2.24, 2.45) is 11.7 Å². The average Bonchev–Trinajstić information content (AvgIpc) is 2.34. The molecule has 1 rings (SSSR count). The lowest BCUT2D eigenvalue weighted by atomic mass is 9.97. The van der Waals surface area contributed by atoms with Gasteiger partial charge in [-0.25, -0.2) is 12.8 Å². The molecule has 0 aliphatic carbocycles. The Kier molecular flexibility index (Phi) is 5.94. The lowest BCUT2D eigenvalue weighted by molar-refractivity contribution is 0.507. The molecule has 3 nitrogen and oxygen atoms in total. The summed E-state index contributed by atoms with van der Waals surface area (Å²) >= 11 is 0. The lowest BCUT2D eigenvalue weighted by Gasteiger charge is -2.16. The van der Waals surface area contributed by atoms with Crippen LogP contribution >= 0.6 is 0 Å². The van der Waals surface area contributed by atoms with E-state index in [4.69, 9.17) is 5.73 Å². The van der Waals surface area contributed by atoms with Crippen LogP contribution in [0.15, 0.2) is 24.3 Å². The lowest BCUT2D eigenvalue weighted by Crippen LogP contribution is -2.24. The standard InChI is InChI=1S/C14H22FNO2S/c1-11(2)19(17,18)7-6-13(10-16)8-12-4-3-5-14(15)9-12/h3-5,9,11,13H,6-8,10,16H2,1-2H3. The molecule has 108 valence electrons. The molecule has 1 aromatic carbocycles. The molecule has 1 atom stereocenters. The van der Waals surface area contributed by atoms with Crippen LogP contribution in [0.1, 0.15) is 25.8 Å². The normalized spacial score (nSPS) is 13.7. The molecule has 0 radical (unpaired) electrons. The number of rotatable bonds is 7. The molecule has 0 bridgehead atoms. The molecule has 0 aliphatic heterocycles. The molecule has 2 N–H and O–H groups in total. The summed E-state index contributed by atoms with van der Waals surface area (Å²) in [5.74, 6) is -0.0691. The molecular weight excluding hydrogens is 265 g/mol. The van der Waals surface area contributed by atoms with Crippen LogP contribution in [-0.4, -0.2) is 26.0 Å². The summed E-state index contributed by atoms with van der Waals surface area (Å²) in [5.41, 5.74) is 6.53. The maximum atomic E-state index is 13.1. The van der Waals surface area contributed by atoms with Gasteiger partial charge in [0.15, 0.2) is 9.84 Å². The van der Waals surface area contributed by atoms with Gasteiger partial charge in [-0.1, -0.05) is 12.1 Å². The molecule has 0 fully saturated rings. The molecule has 0 aliphatic rings. The van der Waals surface area contributed by atoms with Gasteiger partial charge in [0.05, 0.1) is 11.0 Å². The molecule has 1 aromatic rings. The zero-order valence-electron chi connectivity index (χ0n) is 11.5. The fraction of sp³-hybridized carbons (Fsp3) is 0.571. The van der Waals surface area contributed by atoms with E-state index < -0.39 is 9.84 Å². The van der Waals surface area contributed by atoms with E-state index in [1.165, 1.54) is 12.1 Å². The first-order valence-electron chi connectivity index (χ1n) is 6.51. The highest BCUT2D eigenvalue weighted by molar-refractivity contribution is 7.91. The molecule has 1 unspecified atom stereocenters. The van der Waals surface area contributed by atoms with Crippen molar-refractivity contribution < 1.29 is 12.8 Å². The first kappa shape index (κ1) is 16.1. The third-order valence-electron chi connectivity index (χ3n) is 3.28. The van der Waals surface area contributed by atoms with E-state index in [0.717, 1.165) is 5.56 Å². The van der Waals surface area contributed by atoms with Crippen molar-refractivity contribution in [1.82, 2.24) is 0 Å². The predicted octanol–water partition coefficient (Wildman–Crippen LogP) is 2.16. The van der Waals surface area contributed by atoms with Gasteiger partial charge in [0.25, 0.3) is 0 Å². The van der Waals surface area contributed by atoms with E-state index in [2.05, 4.69) is 0 Å². The van der Waals surface area contributed by atoms with Crippen molar-refractivity contribution in [3.05, 3.63) is 35.6 Å². The summed E-state index contributed by atoms with van der Waals surface area (Å²) in [6.07, 6.45) is 1.13. The molecule has 0 saturated carbocycles. The SMILES string of the molecule is CC(C)S(=O)(=O)CCC(CN)Cc1cccc(F)c1. The van der Waals surface area contributed by atoms with Gasteiger partial charge in [-0.3, -0.25) is 0 Å². The highest BCUT2D eigenvalue weighted by Crippen LogP contribution is 2.15. The molecule has 0 amide bonds. The fourth-order valence-corrected chi connectivity index (χ4v) is 3.00. The first-order chi connectivity index (χ1) is 8.85. The van der Waals surface area contributed by atoms with Crippen molar-refractivity contribution in [1.29, 1.82) is 0 Å². The number of benzene rings is 1. The van der Waals surface area contributed by atoms with Crippen LogP contribution in [0.4, 0.5) is 4.39 Å². The summed E-state index contributed by atoms with van der Waals surface area (Å²) in [6, 6.07) is 6.36. The maximum Gasteiger partial charge on any atom is 0.152 e. The van der Waals surface area contributed by atoms with Gasteiger partial charge in [0, 0.05) is 0 Å². The van der Waals surface area contributed by atoms with Gasteiger partial charge in [-0.2, -0.15) is 0 Å². The smallest absolute Gasteiger partial charge is 0.152 e. The number of halogens is 1. The second-order valence-corrected chi connectivity index (χ2v) is 7.82. The van der Waals surface area contributed by atoms with E-state index in [1.54, 1.807) is 19.9 Å². The van der Waals surface area contributed by atoms with Crippen molar-refractivity contribution in [3.63, 3.8) is 0 Å². The van der Waals surface area contributed by atoms with E-state index in [9.17, 15) is 12.8 Å². The van der Waals surface area contributed by atoms with Crippen LogP contribution in [-0.2, 0) is 16.3 Å². The zero-order chi connectivity index (χ0) is 14.5. The third kappa shape index (κ3) is 5.28. The topological polar surface area (TPSA) is 60.2 Å². The van der Waals surface area contributed by atoms with Crippen LogP contribution in [0.3, 0.4) is 0 Å². The van der Waals surface area contributed by atoms with Gasteiger partial charge in [0.2, 0.25) is 0 Å². The van der Waals surface area contributed by atoms with Gasteiger partial charge in [0.1, 0.15) is 5.82 Å². The van der Waals surface area contributed by atoms with Crippen LogP contribution < -0.4 is 5.73 Å². The van der Waals surface area contributed by atoms with Gasteiger partial charge < -0.3 is 5.73 Å². The number of hydrogen-bond acceptors (Lipinski definition) is 3. The minimum Gasteiger partial charge on any atom is -0.330 e. The molecule has 0 heterocycles. The van der Waals surface area contributed by atoms with E-state index >= 15 is 0 Å². The van der Waals surface area contributed by atoms with Gasteiger partial charge >= 0.3 is 0 Å². The summed E-state index contributed by atoms with van der Waals surface area (Å²) in [6.45, 7) is 3.77. The predicted molar refractivity (Wildman–Crippen MR) is 76.2 cm³/mol. The Bertz CT molecular complexity index is 500. The minimum absolute atomic E-state index is 0.0651. The van der Waals surface area contributed by atoms with E-state index in [1.807, 2.05) is 6.07 Å². The second kappa shape index (κ2) is 7.01. The third-order valence-corrected chi connectivity index (χ3v) is 5.52. The summed E-state index contributed by atoms with van der Waals surface area (Å²) in [5, 5.41) is -0.361. The fourth-order valence-electron chi connectivity index (χ4n) is 1.87. The Hall–Kier alpha value is -0.940. The molecular formula is C14H22FNO2S. The Morgan fingerprint density at radius 3 is 2.53 bits per heavy atom. The second-order valence-electron chi connectivity index (χ2n) is 5.14. The van der Waals surface area contributed by atoms with E-state index in [-0.39, 0.29) is 22.7 Å². The van der Waals surface area contributed by atoms with Crippen LogP contribution in [0.25, 0.3) is 0 Å². The largest absolute Gasteiger partial charge is 0.330 e. The molecule has 5 heteroatoms. The molecule has 0 aromatic heterocycles. The average molecular weight is 287 g/mol. The number of nitrogens with two attached hydrogens (primary N) is 1. The molecule has 0 spiro atoms. The molecule has 0 saturated heterocycles. The summed E-state index contributed by atoms with van der Waals surface area (Å²) in [7, 11) is -3.03. The number of hydrogen-bond donors (Lipinski definition) is 1. The Morgan fingerprint density at radius 1 is 1.32 bits per heavy atom. The Labute approximate surface area is 114 Å². The van der Waals surface area contributed by atoms with Crippen molar-refractivity contribution >= 4 is 9.84 Å².